The first kappa shape index (κ1) is 20.9. The van der Waals surface area contributed by atoms with Crippen LogP contribution in [0.1, 0.15) is 21.5 Å². The van der Waals surface area contributed by atoms with Crippen molar-refractivity contribution in [2.75, 3.05) is 19.5 Å². The van der Waals surface area contributed by atoms with E-state index in [1.54, 1.807) is 50.9 Å². The number of methoxy groups -OCH3 is 2. The van der Waals surface area contributed by atoms with E-state index in [-0.39, 0.29) is 5.91 Å². The maximum atomic E-state index is 12.7. The lowest BCUT2D eigenvalue weighted by molar-refractivity contribution is 0.0977. The van der Waals surface area contributed by atoms with Crippen molar-refractivity contribution in [3.63, 3.8) is 0 Å². The number of benzene rings is 2. The molecule has 0 aliphatic carbocycles. The van der Waals surface area contributed by atoms with E-state index in [0.29, 0.717) is 35.3 Å². The van der Waals surface area contributed by atoms with Crippen molar-refractivity contribution in [2.24, 2.45) is 4.99 Å². The Morgan fingerprint density at radius 3 is 2.47 bits per heavy atom. The van der Waals surface area contributed by atoms with Gasteiger partial charge in [0.05, 0.1) is 20.8 Å². The van der Waals surface area contributed by atoms with E-state index in [4.69, 9.17) is 9.47 Å². The van der Waals surface area contributed by atoms with Crippen molar-refractivity contribution in [1.29, 1.82) is 0 Å². The molecular weight excluding hydrogens is 380 g/mol. The molecule has 7 heteroatoms. The number of rotatable bonds is 6. The fourth-order valence-electron chi connectivity index (χ4n) is 2.71. The fourth-order valence-corrected chi connectivity index (χ4v) is 2.71. The van der Waals surface area contributed by atoms with Crippen LogP contribution in [0.2, 0.25) is 0 Å². The largest absolute Gasteiger partial charge is 0.493 e. The molecule has 2 aromatic carbocycles. The lowest BCUT2D eigenvalue weighted by atomic mass is 10.1. The zero-order valence-electron chi connectivity index (χ0n) is 17.2. The third kappa shape index (κ3) is 5.57. The smallest absolute Gasteiger partial charge is 0.257 e. The summed E-state index contributed by atoms with van der Waals surface area (Å²) < 4.78 is 10.6. The van der Waals surface area contributed by atoms with Crippen molar-refractivity contribution in [3.8, 4) is 11.5 Å². The average Bonchev–Trinajstić information content (AvgIpc) is 2.78. The van der Waals surface area contributed by atoms with Crippen LogP contribution in [0.15, 0.2) is 72.0 Å². The third-order valence-electron chi connectivity index (χ3n) is 4.33. The zero-order valence-corrected chi connectivity index (χ0v) is 17.2. The molecule has 0 spiro atoms. The monoisotopic (exact) mass is 404 g/mol. The number of aliphatic imine (C=N–C) groups is 1. The van der Waals surface area contributed by atoms with Crippen molar-refractivity contribution in [2.45, 2.75) is 13.5 Å². The van der Waals surface area contributed by atoms with Gasteiger partial charge < -0.3 is 14.8 Å². The number of pyridine rings is 1. The van der Waals surface area contributed by atoms with Gasteiger partial charge in [0, 0.05) is 29.7 Å². The van der Waals surface area contributed by atoms with Crippen molar-refractivity contribution >= 4 is 17.6 Å². The molecule has 0 saturated carbocycles. The number of aromatic nitrogens is 1. The van der Waals surface area contributed by atoms with E-state index < -0.39 is 0 Å². The molecule has 2 N–H and O–H groups in total. The molecule has 0 atom stereocenters. The summed E-state index contributed by atoms with van der Waals surface area (Å²) in [5.74, 6) is 1.24. The first-order valence-corrected chi connectivity index (χ1v) is 9.39. The fraction of sp³-hybridized carbons (Fsp3) is 0.174. The van der Waals surface area contributed by atoms with Crippen molar-refractivity contribution in [3.05, 3.63) is 83.7 Å². The molecule has 30 heavy (non-hydrogen) atoms. The Hall–Kier alpha value is -3.87. The number of carbonyl (C=O) groups is 1. The third-order valence-corrected chi connectivity index (χ3v) is 4.33. The lowest BCUT2D eigenvalue weighted by Gasteiger charge is -2.14. The molecule has 0 aliphatic rings. The van der Waals surface area contributed by atoms with Crippen LogP contribution < -0.4 is 20.1 Å². The number of aryl methyl sites for hydroxylation is 1. The van der Waals surface area contributed by atoms with Crippen LogP contribution in [-0.4, -0.2) is 31.1 Å². The van der Waals surface area contributed by atoms with Gasteiger partial charge in [0.1, 0.15) is 0 Å². The highest BCUT2D eigenvalue weighted by molar-refractivity contribution is 6.10. The summed E-state index contributed by atoms with van der Waals surface area (Å²) in [6.07, 6.45) is 3.44. The number of ether oxygens (including phenoxy) is 2. The molecule has 3 rings (SSSR count). The van der Waals surface area contributed by atoms with Crippen LogP contribution in [0.3, 0.4) is 0 Å². The molecule has 0 bridgehead atoms. The second-order valence-electron chi connectivity index (χ2n) is 6.54. The summed E-state index contributed by atoms with van der Waals surface area (Å²) in [6.45, 7) is 2.33. The summed E-state index contributed by atoms with van der Waals surface area (Å²) >= 11 is 0. The number of amides is 1. The van der Waals surface area contributed by atoms with E-state index in [2.05, 4.69) is 20.6 Å². The quantitative estimate of drug-likeness (QED) is 0.482. The zero-order chi connectivity index (χ0) is 21.3. The Labute approximate surface area is 175 Å². The molecule has 1 aromatic heterocycles. The minimum atomic E-state index is -0.257. The van der Waals surface area contributed by atoms with E-state index in [1.807, 2.05) is 37.3 Å². The number of hydrogen-bond acceptors (Lipinski definition) is 5. The van der Waals surface area contributed by atoms with Gasteiger partial charge in [0.2, 0.25) is 5.96 Å². The molecule has 7 nitrogen and oxygen atoms in total. The maximum absolute atomic E-state index is 12.7. The van der Waals surface area contributed by atoms with Crippen molar-refractivity contribution < 1.29 is 14.3 Å². The normalized spacial score (nSPS) is 11.0. The minimum Gasteiger partial charge on any atom is -0.493 e. The van der Waals surface area contributed by atoms with Gasteiger partial charge in [-0.1, -0.05) is 23.8 Å². The molecule has 0 fully saturated rings. The van der Waals surface area contributed by atoms with Crippen LogP contribution in [0.25, 0.3) is 0 Å². The topological polar surface area (TPSA) is 84.8 Å². The first-order valence-electron chi connectivity index (χ1n) is 9.39. The number of carbonyl (C=O) groups excluding carboxylic acids is 1. The maximum Gasteiger partial charge on any atom is 0.257 e. The van der Waals surface area contributed by atoms with E-state index in [0.717, 1.165) is 11.1 Å². The summed E-state index contributed by atoms with van der Waals surface area (Å²) in [5.41, 5.74) is 3.25. The Balaban J connectivity index is 1.83. The van der Waals surface area contributed by atoms with E-state index >= 15 is 0 Å². The van der Waals surface area contributed by atoms with E-state index in [9.17, 15) is 4.79 Å². The van der Waals surface area contributed by atoms with Crippen LogP contribution in [-0.2, 0) is 6.54 Å². The van der Waals surface area contributed by atoms with Crippen LogP contribution >= 0.6 is 0 Å². The summed E-state index contributed by atoms with van der Waals surface area (Å²) in [7, 11) is 3.14. The SMILES string of the molecule is COc1ccc(NC(=NCc2cccnc2)NC(=O)c2ccc(C)cc2)cc1OC. The number of nitrogens with zero attached hydrogens (tertiary/aromatic N) is 2. The van der Waals surface area contributed by atoms with Crippen molar-refractivity contribution in [1.82, 2.24) is 10.3 Å². The highest BCUT2D eigenvalue weighted by Crippen LogP contribution is 2.29. The molecule has 0 radical (unpaired) electrons. The Morgan fingerprint density at radius 1 is 1.03 bits per heavy atom. The average molecular weight is 404 g/mol. The van der Waals surface area contributed by atoms with Gasteiger partial charge in [0.15, 0.2) is 11.5 Å². The number of hydrogen-bond donors (Lipinski definition) is 2. The standard InChI is InChI=1S/C23H24N4O3/c1-16-6-8-18(9-7-16)22(28)27-23(25-15-17-5-4-12-24-14-17)26-19-10-11-20(29-2)21(13-19)30-3/h4-14H,15H2,1-3H3,(H2,25,26,27,28). The Kier molecular flexibility index (Phi) is 7.00. The highest BCUT2D eigenvalue weighted by Gasteiger charge is 2.11. The molecule has 1 heterocycles. The number of anilines is 1. The Morgan fingerprint density at radius 2 is 1.80 bits per heavy atom. The molecule has 3 aromatic rings. The summed E-state index contributed by atoms with van der Waals surface area (Å²) in [4.78, 5) is 21.3. The van der Waals surface area contributed by atoms with Gasteiger partial charge in [-0.3, -0.25) is 15.1 Å². The van der Waals surface area contributed by atoms with E-state index in [1.165, 1.54) is 0 Å². The van der Waals surface area contributed by atoms with Gasteiger partial charge in [-0.25, -0.2) is 4.99 Å². The molecular formula is C23H24N4O3. The van der Waals surface area contributed by atoms with Gasteiger partial charge in [0.25, 0.3) is 5.91 Å². The second kappa shape index (κ2) is 10.1. The molecule has 0 aliphatic heterocycles. The van der Waals surface area contributed by atoms with Crippen LogP contribution in [0.5, 0.6) is 11.5 Å². The first-order chi connectivity index (χ1) is 14.6. The second-order valence-corrected chi connectivity index (χ2v) is 6.54. The molecule has 154 valence electrons. The molecule has 0 saturated heterocycles. The highest BCUT2D eigenvalue weighted by atomic mass is 16.5. The molecule has 1 amide bonds. The lowest BCUT2D eigenvalue weighted by Crippen LogP contribution is -2.36. The summed E-state index contributed by atoms with van der Waals surface area (Å²) in [6, 6.07) is 16.5. The van der Waals surface area contributed by atoms with Gasteiger partial charge in [-0.2, -0.15) is 0 Å². The van der Waals surface area contributed by atoms with Gasteiger partial charge in [-0.05, 0) is 42.8 Å². The Bertz CT molecular complexity index is 1020. The number of guanidine groups is 1. The van der Waals surface area contributed by atoms with Crippen LogP contribution in [0, 0.1) is 6.92 Å². The summed E-state index contributed by atoms with van der Waals surface area (Å²) in [5, 5.41) is 5.99. The molecule has 0 unspecified atom stereocenters. The van der Waals surface area contributed by atoms with Gasteiger partial charge >= 0.3 is 0 Å². The van der Waals surface area contributed by atoms with Crippen LogP contribution in [0.4, 0.5) is 5.69 Å². The number of nitrogens with one attached hydrogen (secondary N) is 2. The minimum absolute atomic E-state index is 0.257. The predicted molar refractivity (Wildman–Crippen MR) is 117 cm³/mol. The predicted octanol–water partition coefficient (Wildman–Crippen LogP) is 3.81. The van der Waals surface area contributed by atoms with Gasteiger partial charge in [-0.15, -0.1) is 0 Å².